The average Bonchev–Trinajstić information content (AvgIpc) is 2.60. The Morgan fingerprint density at radius 2 is 1.85 bits per heavy atom. The zero-order valence-electron chi connectivity index (χ0n) is 14.8. The van der Waals surface area contributed by atoms with Crippen molar-refractivity contribution in [2.45, 2.75) is 6.92 Å². The maximum atomic E-state index is 12.2. The van der Waals surface area contributed by atoms with Crippen LogP contribution in [0.4, 0.5) is 5.69 Å². The van der Waals surface area contributed by atoms with Crippen LogP contribution in [0, 0.1) is 6.92 Å². The molecule has 0 aliphatic rings. The number of sulfonamides is 1. The number of methoxy groups -OCH3 is 1. The van der Waals surface area contributed by atoms with Crippen LogP contribution in [0.1, 0.15) is 15.9 Å². The predicted octanol–water partition coefficient (Wildman–Crippen LogP) is 2.85. The van der Waals surface area contributed by atoms with Gasteiger partial charge in [0.2, 0.25) is 10.0 Å². The van der Waals surface area contributed by atoms with E-state index < -0.39 is 10.0 Å². The van der Waals surface area contributed by atoms with E-state index in [4.69, 9.17) is 16.3 Å². The van der Waals surface area contributed by atoms with Crippen LogP contribution in [0.15, 0.2) is 42.5 Å². The molecule has 2 aromatic rings. The highest BCUT2D eigenvalue weighted by Gasteiger charge is 2.20. The van der Waals surface area contributed by atoms with E-state index in [1.807, 2.05) is 0 Å². The molecule has 0 radical (unpaired) electrons. The van der Waals surface area contributed by atoms with Crippen LogP contribution >= 0.6 is 11.6 Å². The summed E-state index contributed by atoms with van der Waals surface area (Å²) in [6, 6.07) is 11.7. The number of halogens is 1. The summed E-state index contributed by atoms with van der Waals surface area (Å²) in [5, 5.41) is 3.21. The summed E-state index contributed by atoms with van der Waals surface area (Å²) >= 11 is 6.10. The number of carbonyl (C=O) groups excluding carboxylic acids is 1. The van der Waals surface area contributed by atoms with E-state index in [1.165, 1.54) is 4.31 Å². The van der Waals surface area contributed by atoms with Crippen molar-refractivity contribution in [2.24, 2.45) is 0 Å². The van der Waals surface area contributed by atoms with Gasteiger partial charge in [-0.1, -0.05) is 17.7 Å². The lowest BCUT2D eigenvalue weighted by molar-refractivity contribution is 0.0955. The maximum absolute atomic E-state index is 12.2. The molecular weight excluding hydrogens is 376 g/mol. The molecule has 0 aliphatic carbocycles. The Hall–Kier alpha value is -2.25. The lowest BCUT2D eigenvalue weighted by atomic mass is 10.2. The Morgan fingerprint density at radius 3 is 2.42 bits per heavy atom. The first kappa shape index (κ1) is 20.1. The average molecular weight is 397 g/mol. The Morgan fingerprint density at radius 1 is 1.19 bits per heavy atom. The molecule has 1 N–H and O–H groups in total. The first-order valence-electron chi connectivity index (χ1n) is 7.89. The van der Waals surface area contributed by atoms with E-state index in [-0.39, 0.29) is 19.0 Å². The van der Waals surface area contributed by atoms with Gasteiger partial charge in [-0.05, 0) is 48.9 Å². The van der Waals surface area contributed by atoms with Gasteiger partial charge >= 0.3 is 0 Å². The Bertz CT molecular complexity index is 883. The summed E-state index contributed by atoms with van der Waals surface area (Å²) in [7, 11) is -1.97. The lowest BCUT2D eigenvalue weighted by Gasteiger charge is -2.24. The van der Waals surface area contributed by atoms with E-state index in [9.17, 15) is 13.2 Å². The fourth-order valence-corrected chi connectivity index (χ4v) is 3.59. The van der Waals surface area contributed by atoms with Gasteiger partial charge in [-0.15, -0.1) is 0 Å². The second-order valence-electron chi connectivity index (χ2n) is 5.70. The SMILES string of the molecule is COc1ccc(C(=O)NCCN(c2cccc(Cl)c2C)S(C)(=O)=O)cc1. The van der Waals surface area contributed by atoms with Crippen LogP contribution in [0.25, 0.3) is 0 Å². The van der Waals surface area contributed by atoms with Gasteiger partial charge in [0.15, 0.2) is 0 Å². The summed E-state index contributed by atoms with van der Waals surface area (Å²) in [5.74, 6) is 0.366. The summed E-state index contributed by atoms with van der Waals surface area (Å²) in [4.78, 5) is 12.2. The maximum Gasteiger partial charge on any atom is 0.251 e. The number of carbonyl (C=O) groups is 1. The van der Waals surface area contributed by atoms with Crippen LogP contribution in [0.5, 0.6) is 5.75 Å². The fourth-order valence-electron chi connectivity index (χ4n) is 2.45. The van der Waals surface area contributed by atoms with Gasteiger partial charge in [-0.2, -0.15) is 0 Å². The number of hydrogen-bond acceptors (Lipinski definition) is 4. The Balaban J connectivity index is 2.08. The second-order valence-corrected chi connectivity index (χ2v) is 8.02. The van der Waals surface area contributed by atoms with Crippen LogP contribution in [-0.4, -0.2) is 40.8 Å². The smallest absolute Gasteiger partial charge is 0.251 e. The van der Waals surface area contributed by atoms with Crippen molar-refractivity contribution in [1.29, 1.82) is 0 Å². The van der Waals surface area contributed by atoms with Crippen LogP contribution < -0.4 is 14.4 Å². The zero-order chi connectivity index (χ0) is 19.3. The minimum atomic E-state index is -3.52. The minimum Gasteiger partial charge on any atom is -0.497 e. The Labute approximate surface area is 158 Å². The van der Waals surface area contributed by atoms with Crippen molar-refractivity contribution in [3.63, 3.8) is 0 Å². The topological polar surface area (TPSA) is 75.7 Å². The molecule has 2 aromatic carbocycles. The van der Waals surface area contributed by atoms with E-state index >= 15 is 0 Å². The molecule has 0 bridgehead atoms. The summed E-state index contributed by atoms with van der Waals surface area (Å²) in [6.07, 6.45) is 1.12. The standard InChI is InChI=1S/C18H21ClN2O4S/c1-13-16(19)5-4-6-17(13)21(26(3,23)24)12-11-20-18(22)14-7-9-15(25-2)10-8-14/h4-10H,11-12H2,1-3H3,(H,20,22). The summed E-state index contributed by atoms with van der Waals surface area (Å²) < 4.78 is 30.6. The van der Waals surface area contributed by atoms with Crippen LogP contribution in [-0.2, 0) is 10.0 Å². The molecule has 0 fully saturated rings. The highest BCUT2D eigenvalue weighted by molar-refractivity contribution is 7.92. The monoisotopic (exact) mass is 396 g/mol. The molecule has 140 valence electrons. The lowest BCUT2D eigenvalue weighted by Crippen LogP contribution is -2.38. The van der Waals surface area contributed by atoms with Gasteiger partial charge in [0, 0.05) is 17.1 Å². The van der Waals surface area contributed by atoms with E-state index in [0.717, 1.165) is 6.26 Å². The van der Waals surface area contributed by atoms with E-state index in [2.05, 4.69) is 5.32 Å². The molecule has 0 aromatic heterocycles. The van der Waals surface area contributed by atoms with Gasteiger partial charge in [0.1, 0.15) is 5.75 Å². The summed E-state index contributed by atoms with van der Waals surface area (Å²) in [6.45, 7) is 2.01. The molecule has 0 saturated heterocycles. The third-order valence-corrected chi connectivity index (χ3v) is 5.45. The number of benzene rings is 2. The molecule has 0 atom stereocenters. The number of nitrogens with one attached hydrogen (secondary N) is 1. The highest BCUT2D eigenvalue weighted by Crippen LogP contribution is 2.27. The van der Waals surface area contributed by atoms with Crippen LogP contribution in [0.2, 0.25) is 5.02 Å². The van der Waals surface area contributed by atoms with Crippen molar-refractivity contribution >= 4 is 33.2 Å². The molecule has 0 unspecified atom stereocenters. The molecule has 0 spiro atoms. The molecule has 0 saturated carbocycles. The van der Waals surface area contributed by atoms with Gasteiger partial charge in [0.05, 0.1) is 25.6 Å². The first-order valence-corrected chi connectivity index (χ1v) is 10.1. The van der Waals surface area contributed by atoms with Crippen molar-refractivity contribution in [3.05, 3.63) is 58.6 Å². The van der Waals surface area contributed by atoms with E-state index in [0.29, 0.717) is 27.6 Å². The third-order valence-electron chi connectivity index (χ3n) is 3.86. The minimum absolute atomic E-state index is 0.0991. The van der Waals surface area contributed by atoms with Crippen molar-refractivity contribution in [2.75, 3.05) is 30.8 Å². The van der Waals surface area contributed by atoms with Crippen molar-refractivity contribution in [1.82, 2.24) is 5.32 Å². The van der Waals surface area contributed by atoms with E-state index in [1.54, 1.807) is 56.5 Å². The third kappa shape index (κ3) is 4.89. The molecule has 2 rings (SSSR count). The molecule has 6 nitrogen and oxygen atoms in total. The first-order chi connectivity index (χ1) is 12.2. The van der Waals surface area contributed by atoms with Crippen LogP contribution in [0.3, 0.4) is 0 Å². The Kier molecular flexibility index (Phi) is 6.50. The molecule has 0 aliphatic heterocycles. The van der Waals surface area contributed by atoms with Crippen molar-refractivity contribution in [3.8, 4) is 5.75 Å². The predicted molar refractivity (Wildman–Crippen MR) is 104 cm³/mol. The highest BCUT2D eigenvalue weighted by atomic mass is 35.5. The fraction of sp³-hybridized carbons (Fsp3) is 0.278. The molecule has 1 amide bonds. The molecule has 8 heteroatoms. The number of rotatable bonds is 7. The number of ether oxygens (including phenoxy) is 1. The normalized spacial score (nSPS) is 11.1. The number of anilines is 1. The summed E-state index contributed by atoms with van der Waals surface area (Å²) in [5.41, 5.74) is 1.63. The molecular formula is C18H21ClN2O4S. The quantitative estimate of drug-likeness (QED) is 0.780. The van der Waals surface area contributed by atoms with Gasteiger partial charge in [-0.3, -0.25) is 9.10 Å². The largest absolute Gasteiger partial charge is 0.497 e. The molecule has 0 heterocycles. The van der Waals surface area contributed by atoms with Crippen molar-refractivity contribution < 1.29 is 17.9 Å². The molecule has 26 heavy (non-hydrogen) atoms. The number of hydrogen-bond donors (Lipinski definition) is 1. The van der Waals surface area contributed by atoms with Gasteiger partial charge in [-0.25, -0.2) is 8.42 Å². The van der Waals surface area contributed by atoms with Gasteiger partial charge in [0.25, 0.3) is 5.91 Å². The second kappa shape index (κ2) is 8.42. The number of amides is 1. The zero-order valence-corrected chi connectivity index (χ0v) is 16.4. The number of nitrogens with zero attached hydrogens (tertiary/aromatic N) is 1. The van der Waals surface area contributed by atoms with Gasteiger partial charge < -0.3 is 10.1 Å².